The topological polar surface area (TPSA) is 25.6 Å². The maximum atomic E-state index is 6.07. The van der Waals surface area contributed by atoms with E-state index in [0.717, 1.165) is 34.5 Å². The van der Waals surface area contributed by atoms with E-state index in [1.807, 2.05) is 31.2 Å². The van der Waals surface area contributed by atoms with Gasteiger partial charge in [0.1, 0.15) is 5.76 Å². The van der Waals surface area contributed by atoms with Gasteiger partial charge in [-0.25, -0.2) is 0 Å². The van der Waals surface area contributed by atoms with Crippen molar-refractivity contribution in [3.63, 3.8) is 0 Å². The minimum Gasteiger partial charge on any atom is -0.449 e. The molecule has 0 atom stereocenters. The lowest BCUT2D eigenvalue weighted by Crippen LogP contribution is -2.18. The Morgan fingerprint density at radius 3 is 2.15 bits per heavy atom. The second-order valence-electron chi connectivity index (χ2n) is 8.14. The van der Waals surface area contributed by atoms with Crippen LogP contribution < -0.4 is 9.64 Å². The fourth-order valence-corrected chi connectivity index (χ4v) is 3.63. The molecule has 0 saturated heterocycles. The van der Waals surface area contributed by atoms with Crippen molar-refractivity contribution in [1.82, 2.24) is 0 Å². The van der Waals surface area contributed by atoms with Crippen LogP contribution in [0.15, 0.2) is 46.9 Å². The molecule has 0 fully saturated rings. The highest BCUT2D eigenvalue weighted by molar-refractivity contribution is 5.86. The van der Waals surface area contributed by atoms with Gasteiger partial charge < -0.3 is 9.15 Å². The molecule has 0 radical (unpaired) electrons. The van der Waals surface area contributed by atoms with Crippen LogP contribution in [-0.4, -0.2) is 0 Å². The molecule has 4 rings (SSSR count). The van der Waals surface area contributed by atoms with Crippen LogP contribution in [0.3, 0.4) is 0 Å². The summed E-state index contributed by atoms with van der Waals surface area (Å²) in [7, 11) is 0. The number of hydrogen-bond acceptors (Lipinski definition) is 3. The van der Waals surface area contributed by atoms with Crippen LogP contribution in [0.5, 0.6) is 11.5 Å². The Morgan fingerprint density at radius 1 is 0.846 bits per heavy atom. The van der Waals surface area contributed by atoms with Crippen molar-refractivity contribution in [3.8, 4) is 11.5 Å². The Morgan fingerprint density at radius 2 is 1.50 bits per heavy atom. The summed E-state index contributed by atoms with van der Waals surface area (Å²) >= 11 is 0. The van der Waals surface area contributed by atoms with Gasteiger partial charge in [0.15, 0.2) is 11.5 Å². The molecule has 0 aliphatic carbocycles. The van der Waals surface area contributed by atoms with E-state index in [2.05, 4.69) is 57.7 Å². The van der Waals surface area contributed by atoms with Gasteiger partial charge in [-0.15, -0.1) is 0 Å². The molecule has 1 aliphatic rings. The van der Waals surface area contributed by atoms with Crippen molar-refractivity contribution < 1.29 is 9.15 Å². The minimum atomic E-state index is 0.114. The first-order chi connectivity index (χ1) is 12.3. The van der Waals surface area contributed by atoms with Crippen LogP contribution in [-0.2, 0) is 5.41 Å². The zero-order valence-electron chi connectivity index (χ0n) is 16.3. The van der Waals surface area contributed by atoms with Gasteiger partial charge in [0.25, 0.3) is 0 Å². The molecule has 1 aliphatic heterocycles. The van der Waals surface area contributed by atoms with E-state index < -0.39 is 0 Å². The van der Waals surface area contributed by atoms with Gasteiger partial charge in [-0.3, -0.25) is 4.90 Å². The first-order valence-corrected chi connectivity index (χ1v) is 9.05. The number of rotatable bonds is 1. The first kappa shape index (κ1) is 16.8. The lowest BCUT2D eigenvalue weighted by atomic mass is 9.84. The second kappa shape index (κ2) is 5.66. The van der Waals surface area contributed by atoms with Crippen molar-refractivity contribution in [2.75, 3.05) is 4.90 Å². The van der Waals surface area contributed by atoms with E-state index >= 15 is 0 Å². The van der Waals surface area contributed by atoms with Crippen LogP contribution in [0.25, 0.3) is 0 Å². The highest BCUT2D eigenvalue weighted by Crippen LogP contribution is 2.53. The van der Waals surface area contributed by atoms with Crippen molar-refractivity contribution in [1.29, 1.82) is 0 Å². The van der Waals surface area contributed by atoms with E-state index in [1.54, 1.807) is 0 Å². The number of nitrogens with zero attached hydrogens (tertiary/aromatic N) is 1. The van der Waals surface area contributed by atoms with E-state index in [4.69, 9.17) is 9.15 Å². The number of benzene rings is 2. The van der Waals surface area contributed by atoms with Crippen molar-refractivity contribution in [2.24, 2.45) is 0 Å². The summed E-state index contributed by atoms with van der Waals surface area (Å²) < 4.78 is 12.1. The molecule has 2 aromatic carbocycles. The molecular weight excluding hydrogens is 322 g/mol. The molecule has 3 aromatic rings. The summed E-state index contributed by atoms with van der Waals surface area (Å²) in [6, 6.07) is 14.6. The molecule has 0 amide bonds. The third-order valence-corrected chi connectivity index (χ3v) is 4.91. The number of furan rings is 1. The van der Waals surface area contributed by atoms with Gasteiger partial charge in [0.2, 0.25) is 5.88 Å². The molecule has 0 spiro atoms. The molecule has 0 saturated carbocycles. The molecule has 0 unspecified atom stereocenters. The molecule has 134 valence electrons. The monoisotopic (exact) mass is 347 g/mol. The van der Waals surface area contributed by atoms with E-state index in [-0.39, 0.29) is 5.41 Å². The minimum absolute atomic E-state index is 0.114. The molecule has 1 aromatic heterocycles. The van der Waals surface area contributed by atoms with Crippen molar-refractivity contribution in [2.45, 2.75) is 47.0 Å². The molecule has 0 bridgehead atoms. The fraction of sp³-hybridized carbons (Fsp3) is 0.304. The molecule has 0 N–H and O–H groups in total. The summed E-state index contributed by atoms with van der Waals surface area (Å²) in [5.74, 6) is 3.20. The van der Waals surface area contributed by atoms with Gasteiger partial charge in [0.05, 0.1) is 11.4 Å². The number of ether oxygens (including phenoxy) is 1. The summed E-state index contributed by atoms with van der Waals surface area (Å²) in [4.78, 5) is 2.19. The molecule has 3 nitrogen and oxygen atoms in total. The Kier molecular flexibility index (Phi) is 3.65. The van der Waals surface area contributed by atoms with Crippen LogP contribution in [0.1, 0.15) is 43.2 Å². The molecule has 3 heteroatoms. The first-order valence-electron chi connectivity index (χ1n) is 9.05. The summed E-state index contributed by atoms with van der Waals surface area (Å²) in [5, 5.41) is 0. The van der Waals surface area contributed by atoms with Crippen LogP contribution >= 0.6 is 0 Å². The Balaban J connectivity index is 1.97. The number of fused-ring (bicyclic) bond motifs is 2. The number of para-hydroxylation sites is 2. The predicted octanol–water partition coefficient (Wildman–Crippen LogP) is 7.08. The highest BCUT2D eigenvalue weighted by atomic mass is 16.5. The normalized spacial score (nSPS) is 13.2. The quantitative estimate of drug-likeness (QED) is 0.368. The average Bonchev–Trinajstić information content (AvgIpc) is 2.92. The molecule has 2 heterocycles. The Bertz CT molecular complexity index is 969. The van der Waals surface area contributed by atoms with Crippen LogP contribution in [0.2, 0.25) is 0 Å². The SMILES string of the molecule is Cc1cc2c(o1)N(c1c(C)cc(C(C)(C)C)cc1C)c1ccccc1O2. The third-order valence-electron chi connectivity index (χ3n) is 4.91. The van der Waals surface area contributed by atoms with E-state index in [1.165, 1.54) is 16.7 Å². The summed E-state index contributed by atoms with van der Waals surface area (Å²) in [6.07, 6.45) is 0. The van der Waals surface area contributed by atoms with Gasteiger partial charge >= 0.3 is 0 Å². The lowest BCUT2D eigenvalue weighted by Gasteiger charge is -2.32. The van der Waals surface area contributed by atoms with Gasteiger partial charge in [-0.2, -0.15) is 0 Å². The molecule has 26 heavy (non-hydrogen) atoms. The zero-order chi connectivity index (χ0) is 18.6. The largest absolute Gasteiger partial charge is 0.449 e. The van der Waals surface area contributed by atoms with Gasteiger partial charge in [0, 0.05) is 6.07 Å². The smallest absolute Gasteiger partial charge is 0.248 e. The van der Waals surface area contributed by atoms with Crippen molar-refractivity contribution in [3.05, 3.63) is 64.9 Å². The van der Waals surface area contributed by atoms with Crippen LogP contribution in [0.4, 0.5) is 17.3 Å². The maximum Gasteiger partial charge on any atom is 0.248 e. The third kappa shape index (κ3) is 2.59. The lowest BCUT2D eigenvalue weighted by molar-refractivity contribution is 0.454. The van der Waals surface area contributed by atoms with Gasteiger partial charge in [-0.05, 0) is 55.0 Å². The highest BCUT2D eigenvalue weighted by Gasteiger charge is 2.31. The maximum absolute atomic E-state index is 6.07. The Hall–Kier alpha value is -2.68. The molecular formula is C23H25NO2. The van der Waals surface area contributed by atoms with Crippen molar-refractivity contribution >= 4 is 17.3 Å². The second-order valence-corrected chi connectivity index (χ2v) is 8.14. The van der Waals surface area contributed by atoms with Gasteiger partial charge in [-0.1, -0.05) is 45.0 Å². The zero-order valence-corrected chi connectivity index (χ0v) is 16.3. The number of aryl methyl sites for hydroxylation is 3. The number of hydrogen-bond donors (Lipinski definition) is 0. The predicted molar refractivity (Wildman–Crippen MR) is 106 cm³/mol. The summed E-state index contributed by atoms with van der Waals surface area (Å²) in [5.41, 5.74) is 6.07. The number of anilines is 3. The van der Waals surface area contributed by atoms with E-state index in [0.29, 0.717) is 0 Å². The van der Waals surface area contributed by atoms with Crippen LogP contribution in [0, 0.1) is 20.8 Å². The van der Waals surface area contributed by atoms with E-state index in [9.17, 15) is 0 Å². The standard InChI is InChI=1S/C23H25NO2/c1-14-11-17(23(4,5)6)12-15(2)21(14)24-18-9-7-8-10-19(18)26-20-13-16(3)25-22(20)24/h7-13H,1-6H3. The average molecular weight is 347 g/mol. The Labute approximate surface area is 155 Å². The summed E-state index contributed by atoms with van der Waals surface area (Å²) in [6.45, 7) is 13.0. The fourth-order valence-electron chi connectivity index (χ4n) is 3.63.